The van der Waals surface area contributed by atoms with Gasteiger partial charge in [-0.3, -0.25) is 4.68 Å². The largest absolute Gasteiger partial charge is 0.394 e. The fourth-order valence-electron chi connectivity index (χ4n) is 1.48. The van der Waals surface area contributed by atoms with Gasteiger partial charge in [-0.05, 0) is 11.6 Å². The Balaban J connectivity index is 2.31. The van der Waals surface area contributed by atoms with Crippen LogP contribution in [0.25, 0.3) is 0 Å². The Kier molecular flexibility index (Phi) is 2.60. The number of aliphatic hydroxyl groups is 1. The normalized spacial score (nSPS) is 12.6. The molecule has 14 heavy (non-hydrogen) atoms. The van der Waals surface area contributed by atoms with E-state index in [1.807, 2.05) is 42.6 Å². The summed E-state index contributed by atoms with van der Waals surface area (Å²) < 4.78 is 1.76. The molecule has 0 spiro atoms. The van der Waals surface area contributed by atoms with Crippen molar-refractivity contribution in [1.82, 2.24) is 9.78 Å². The van der Waals surface area contributed by atoms with Gasteiger partial charge in [-0.25, -0.2) is 0 Å². The zero-order chi connectivity index (χ0) is 9.80. The molecule has 2 rings (SSSR count). The van der Waals surface area contributed by atoms with Crippen LogP contribution in [-0.2, 0) is 0 Å². The van der Waals surface area contributed by atoms with Crippen LogP contribution in [0.2, 0.25) is 0 Å². The molecular formula is C11H12N2O. The second-order valence-corrected chi connectivity index (χ2v) is 3.10. The molecule has 0 aliphatic carbocycles. The number of aromatic nitrogens is 2. The summed E-state index contributed by atoms with van der Waals surface area (Å²) in [6.45, 7) is 0.0612. The van der Waals surface area contributed by atoms with Gasteiger partial charge < -0.3 is 5.11 Å². The zero-order valence-electron chi connectivity index (χ0n) is 7.74. The van der Waals surface area contributed by atoms with Crippen LogP contribution < -0.4 is 0 Å². The molecule has 1 heterocycles. The number of hydrogen-bond acceptors (Lipinski definition) is 2. The van der Waals surface area contributed by atoms with Crippen LogP contribution in [0.15, 0.2) is 48.8 Å². The number of hydrogen-bond donors (Lipinski definition) is 1. The second-order valence-electron chi connectivity index (χ2n) is 3.10. The lowest BCUT2D eigenvalue weighted by molar-refractivity contribution is 0.241. The highest BCUT2D eigenvalue weighted by molar-refractivity contribution is 5.19. The van der Waals surface area contributed by atoms with Crippen molar-refractivity contribution in [3.05, 3.63) is 54.4 Å². The third kappa shape index (κ3) is 1.67. The van der Waals surface area contributed by atoms with Crippen molar-refractivity contribution in [3.63, 3.8) is 0 Å². The Labute approximate surface area is 82.6 Å². The van der Waals surface area contributed by atoms with E-state index in [-0.39, 0.29) is 12.6 Å². The van der Waals surface area contributed by atoms with Crippen molar-refractivity contribution < 1.29 is 5.11 Å². The molecule has 0 saturated carbocycles. The van der Waals surface area contributed by atoms with Crippen LogP contribution in [0.3, 0.4) is 0 Å². The SMILES string of the molecule is OCC(c1ccccc1)n1cccn1. The van der Waals surface area contributed by atoms with Gasteiger partial charge >= 0.3 is 0 Å². The first-order chi connectivity index (χ1) is 6.92. The van der Waals surface area contributed by atoms with Crippen LogP contribution in [0.4, 0.5) is 0 Å². The molecule has 1 N–H and O–H groups in total. The molecule has 0 amide bonds. The smallest absolute Gasteiger partial charge is 0.0999 e. The Hall–Kier alpha value is -1.61. The predicted molar refractivity (Wildman–Crippen MR) is 53.9 cm³/mol. The molecule has 0 aliphatic rings. The molecule has 72 valence electrons. The Morgan fingerprint density at radius 1 is 1.21 bits per heavy atom. The lowest BCUT2D eigenvalue weighted by Crippen LogP contribution is -2.14. The minimum atomic E-state index is -0.0776. The average molecular weight is 188 g/mol. The Morgan fingerprint density at radius 3 is 2.57 bits per heavy atom. The van der Waals surface area contributed by atoms with Gasteiger partial charge in [0.2, 0.25) is 0 Å². The van der Waals surface area contributed by atoms with E-state index in [1.165, 1.54) is 0 Å². The van der Waals surface area contributed by atoms with E-state index in [4.69, 9.17) is 0 Å². The number of rotatable bonds is 3. The molecule has 3 nitrogen and oxygen atoms in total. The lowest BCUT2D eigenvalue weighted by Gasteiger charge is -2.14. The summed E-state index contributed by atoms with van der Waals surface area (Å²) in [4.78, 5) is 0. The molecule has 3 heteroatoms. The number of nitrogens with zero attached hydrogens (tertiary/aromatic N) is 2. The lowest BCUT2D eigenvalue weighted by atomic mass is 10.1. The minimum Gasteiger partial charge on any atom is -0.394 e. The van der Waals surface area contributed by atoms with E-state index < -0.39 is 0 Å². The Bertz CT molecular complexity index is 369. The van der Waals surface area contributed by atoms with Crippen LogP contribution in [0.1, 0.15) is 11.6 Å². The highest BCUT2D eigenvalue weighted by Gasteiger charge is 2.11. The molecule has 0 bridgehead atoms. The first kappa shape index (κ1) is 8.97. The van der Waals surface area contributed by atoms with Crippen molar-refractivity contribution >= 4 is 0 Å². The van der Waals surface area contributed by atoms with Gasteiger partial charge in [0.25, 0.3) is 0 Å². The fourth-order valence-corrected chi connectivity index (χ4v) is 1.48. The van der Waals surface area contributed by atoms with Gasteiger partial charge in [-0.15, -0.1) is 0 Å². The summed E-state index contributed by atoms with van der Waals surface area (Å²) in [7, 11) is 0. The van der Waals surface area contributed by atoms with Gasteiger partial charge in [-0.2, -0.15) is 5.10 Å². The van der Waals surface area contributed by atoms with E-state index in [0.29, 0.717) is 0 Å². The molecule has 0 saturated heterocycles. The van der Waals surface area contributed by atoms with Crippen molar-refractivity contribution in [2.45, 2.75) is 6.04 Å². The van der Waals surface area contributed by atoms with Crippen molar-refractivity contribution in [1.29, 1.82) is 0 Å². The third-order valence-electron chi connectivity index (χ3n) is 2.20. The maximum atomic E-state index is 9.29. The van der Waals surface area contributed by atoms with E-state index in [1.54, 1.807) is 10.9 Å². The van der Waals surface area contributed by atoms with Gasteiger partial charge in [0.15, 0.2) is 0 Å². The second kappa shape index (κ2) is 4.07. The molecular weight excluding hydrogens is 176 g/mol. The van der Waals surface area contributed by atoms with E-state index in [0.717, 1.165) is 5.56 Å². The zero-order valence-corrected chi connectivity index (χ0v) is 7.74. The van der Waals surface area contributed by atoms with Crippen LogP contribution >= 0.6 is 0 Å². The number of aliphatic hydroxyl groups excluding tert-OH is 1. The standard InChI is InChI=1S/C11H12N2O/c14-9-11(13-8-4-7-12-13)10-5-2-1-3-6-10/h1-8,11,14H,9H2. The van der Waals surface area contributed by atoms with E-state index >= 15 is 0 Å². The topological polar surface area (TPSA) is 38.0 Å². The molecule has 1 atom stereocenters. The third-order valence-corrected chi connectivity index (χ3v) is 2.20. The molecule has 1 aromatic heterocycles. The molecule has 0 aliphatic heterocycles. The first-order valence-electron chi connectivity index (χ1n) is 4.57. The average Bonchev–Trinajstić information content (AvgIpc) is 2.74. The van der Waals surface area contributed by atoms with Crippen LogP contribution in [0, 0.1) is 0 Å². The summed E-state index contributed by atoms with van der Waals surface area (Å²) in [6, 6.07) is 11.6. The summed E-state index contributed by atoms with van der Waals surface area (Å²) in [5, 5.41) is 13.4. The summed E-state index contributed by atoms with van der Waals surface area (Å²) in [5.74, 6) is 0. The van der Waals surface area contributed by atoms with Crippen molar-refractivity contribution in [2.24, 2.45) is 0 Å². The summed E-state index contributed by atoms with van der Waals surface area (Å²) in [6.07, 6.45) is 3.57. The van der Waals surface area contributed by atoms with Gasteiger partial charge in [-0.1, -0.05) is 30.3 Å². The molecule has 0 radical (unpaired) electrons. The van der Waals surface area contributed by atoms with E-state index in [9.17, 15) is 5.11 Å². The predicted octanol–water partition coefficient (Wildman–Crippen LogP) is 1.46. The highest BCUT2D eigenvalue weighted by atomic mass is 16.3. The van der Waals surface area contributed by atoms with Gasteiger partial charge in [0, 0.05) is 12.4 Å². The fraction of sp³-hybridized carbons (Fsp3) is 0.182. The van der Waals surface area contributed by atoms with Crippen molar-refractivity contribution in [2.75, 3.05) is 6.61 Å². The van der Waals surface area contributed by atoms with E-state index in [2.05, 4.69) is 5.10 Å². The minimum absolute atomic E-state index is 0.0612. The summed E-state index contributed by atoms with van der Waals surface area (Å²) >= 11 is 0. The first-order valence-corrected chi connectivity index (χ1v) is 4.57. The van der Waals surface area contributed by atoms with Crippen LogP contribution in [0.5, 0.6) is 0 Å². The molecule has 2 aromatic rings. The maximum absolute atomic E-state index is 9.29. The number of benzene rings is 1. The monoisotopic (exact) mass is 188 g/mol. The molecule has 1 unspecified atom stereocenters. The maximum Gasteiger partial charge on any atom is 0.0999 e. The Morgan fingerprint density at radius 2 is 2.00 bits per heavy atom. The summed E-state index contributed by atoms with van der Waals surface area (Å²) in [5.41, 5.74) is 1.07. The molecule has 1 aromatic carbocycles. The van der Waals surface area contributed by atoms with Gasteiger partial charge in [0.1, 0.15) is 0 Å². The quantitative estimate of drug-likeness (QED) is 0.792. The highest BCUT2D eigenvalue weighted by Crippen LogP contribution is 2.15. The molecule has 0 fully saturated rings. The van der Waals surface area contributed by atoms with Crippen LogP contribution in [-0.4, -0.2) is 21.5 Å². The van der Waals surface area contributed by atoms with Gasteiger partial charge in [0.05, 0.1) is 12.6 Å². The van der Waals surface area contributed by atoms with Crippen molar-refractivity contribution in [3.8, 4) is 0 Å².